The average molecular weight is 157 g/mol. The van der Waals surface area contributed by atoms with Crippen LogP contribution in [0.4, 0.5) is 0 Å². The van der Waals surface area contributed by atoms with Gasteiger partial charge in [0.05, 0.1) is 19.3 Å². The van der Waals surface area contributed by atoms with Crippen LogP contribution in [0.3, 0.4) is 0 Å². The van der Waals surface area contributed by atoms with Gasteiger partial charge in [0, 0.05) is 18.1 Å². The molecule has 1 saturated heterocycles. The number of ether oxygens (including phenoxy) is 2. The van der Waals surface area contributed by atoms with E-state index in [4.69, 9.17) is 15.0 Å². The molecule has 1 aliphatic heterocycles. The van der Waals surface area contributed by atoms with Gasteiger partial charge in [0.25, 0.3) is 0 Å². The third-order valence-corrected chi connectivity index (χ3v) is 1.50. The van der Waals surface area contributed by atoms with Gasteiger partial charge >= 0.3 is 0 Å². The molecular weight excluding hydrogens is 146 g/mol. The molecule has 0 spiro atoms. The Morgan fingerprint density at radius 2 is 2.64 bits per heavy atom. The highest BCUT2D eigenvalue weighted by Gasteiger charge is 2.14. The summed E-state index contributed by atoms with van der Waals surface area (Å²) in [6.45, 7) is 2.37. The minimum atomic E-state index is 0.212. The zero-order valence-corrected chi connectivity index (χ0v) is 6.27. The van der Waals surface area contributed by atoms with Gasteiger partial charge in [-0.3, -0.25) is 0 Å². The first kappa shape index (κ1) is 8.33. The van der Waals surface area contributed by atoms with Gasteiger partial charge in [-0.05, 0) is 12.0 Å². The van der Waals surface area contributed by atoms with Gasteiger partial charge in [0.1, 0.15) is 0 Å². The zero-order chi connectivity index (χ0) is 7.94. The molecule has 0 aromatic rings. The molecule has 1 atom stereocenters. The van der Waals surface area contributed by atoms with Crippen molar-refractivity contribution in [3.05, 3.63) is 10.4 Å². The second-order valence-electron chi connectivity index (χ2n) is 2.31. The Kier molecular flexibility index (Phi) is 3.75. The highest BCUT2D eigenvalue weighted by atomic mass is 16.5. The molecule has 0 aliphatic carbocycles. The molecule has 5 nitrogen and oxygen atoms in total. The summed E-state index contributed by atoms with van der Waals surface area (Å²) >= 11 is 0. The van der Waals surface area contributed by atoms with Crippen molar-refractivity contribution in [1.29, 1.82) is 0 Å². The molecule has 0 aromatic carbocycles. The van der Waals surface area contributed by atoms with Gasteiger partial charge < -0.3 is 9.47 Å². The fraction of sp³-hybridized carbons (Fsp3) is 1.00. The molecule has 0 N–H and O–H groups in total. The van der Waals surface area contributed by atoms with Crippen molar-refractivity contribution in [3.8, 4) is 0 Å². The standard InChI is InChI=1S/C6H11N3O2/c7-9-8-2-4-11-6-1-3-10-5-6/h6H,1-5H2. The Labute approximate surface area is 64.9 Å². The molecule has 11 heavy (non-hydrogen) atoms. The van der Waals surface area contributed by atoms with Gasteiger partial charge in [-0.1, -0.05) is 5.11 Å². The largest absolute Gasteiger partial charge is 0.379 e. The molecule has 0 amide bonds. The second kappa shape index (κ2) is 4.96. The Morgan fingerprint density at radius 3 is 3.27 bits per heavy atom. The molecule has 0 saturated carbocycles. The zero-order valence-electron chi connectivity index (χ0n) is 6.27. The summed E-state index contributed by atoms with van der Waals surface area (Å²) in [5.74, 6) is 0. The first-order valence-electron chi connectivity index (χ1n) is 3.63. The lowest BCUT2D eigenvalue weighted by Gasteiger charge is -2.06. The maximum absolute atomic E-state index is 7.94. The minimum absolute atomic E-state index is 0.212. The van der Waals surface area contributed by atoms with Crippen LogP contribution in [0.15, 0.2) is 5.11 Å². The molecule has 1 heterocycles. The average Bonchev–Trinajstić information content (AvgIpc) is 2.50. The number of rotatable bonds is 4. The summed E-state index contributed by atoms with van der Waals surface area (Å²) in [7, 11) is 0. The third-order valence-electron chi connectivity index (χ3n) is 1.50. The van der Waals surface area contributed by atoms with Crippen molar-refractivity contribution in [2.24, 2.45) is 5.11 Å². The van der Waals surface area contributed by atoms with Gasteiger partial charge in [-0.15, -0.1) is 0 Å². The molecule has 0 aromatic heterocycles. The molecular formula is C6H11N3O2. The maximum Gasteiger partial charge on any atom is 0.0830 e. The van der Waals surface area contributed by atoms with Crippen molar-refractivity contribution in [2.75, 3.05) is 26.4 Å². The summed E-state index contributed by atoms with van der Waals surface area (Å²) in [5.41, 5.74) is 7.94. The van der Waals surface area contributed by atoms with E-state index in [1.165, 1.54) is 0 Å². The lowest BCUT2D eigenvalue weighted by molar-refractivity contribution is 0.0475. The minimum Gasteiger partial charge on any atom is -0.379 e. The van der Waals surface area contributed by atoms with Gasteiger partial charge in [0.2, 0.25) is 0 Å². The van der Waals surface area contributed by atoms with Gasteiger partial charge in [-0.25, -0.2) is 0 Å². The molecule has 62 valence electrons. The lowest BCUT2D eigenvalue weighted by Crippen LogP contribution is -2.14. The van der Waals surface area contributed by atoms with Crippen molar-refractivity contribution in [3.63, 3.8) is 0 Å². The van der Waals surface area contributed by atoms with Crippen molar-refractivity contribution < 1.29 is 9.47 Å². The molecule has 0 radical (unpaired) electrons. The van der Waals surface area contributed by atoms with E-state index in [9.17, 15) is 0 Å². The number of azide groups is 1. The number of hydrogen-bond donors (Lipinski definition) is 0. The van der Waals surface area contributed by atoms with Gasteiger partial charge in [0.15, 0.2) is 0 Å². The van der Waals surface area contributed by atoms with E-state index in [1.807, 2.05) is 0 Å². The topological polar surface area (TPSA) is 67.2 Å². The first-order chi connectivity index (χ1) is 5.43. The van der Waals surface area contributed by atoms with Crippen LogP contribution >= 0.6 is 0 Å². The smallest absolute Gasteiger partial charge is 0.0830 e. The highest BCUT2D eigenvalue weighted by molar-refractivity contribution is 4.62. The quantitative estimate of drug-likeness (QED) is 0.265. The number of hydrogen-bond acceptors (Lipinski definition) is 3. The van der Waals surface area contributed by atoms with Crippen molar-refractivity contribution >= 4 is 0 Å². The molecule has 1 unspecified atom stereocenters. The van der Waals surface area contributed by atoms with Crippen LogP contribution in [0.2, 0.25) is 0 Å². The summed E-state index contributed by atoms with van der Waals surface area (Å²) < 4.78 is 10.4. The van der Waals surface area contributed by atoms with Crippen molar-refractivity contribution in [1.82, 2.24) is 0 Å². The summed E-state index contributed by atoms with van der Waals surface area (Å²) in [5, 5.41) is 3.35. The first-order valence-corrected chi connectivity index (χ1v) is 3.63. The van der Waals surface area contributed by atoms with Crippen LogP contribution < -0.4 is 0 Å². The fourth-order valence-electron chi connectivity index (χ4n) is 0.949. The van der Waals surface area contributed by atoms with Crippen molar-refractivity contribution in [2.45, 2.75) is 12.5 Å². The van der Waals surface area contributed by atoms with Gasteiger partial charge in [-0.2, -0.15) is 0 Å². The van der Waals surface area contributed by atoms with Crippen LogP contribution in [0.1, 0.15) is 6.42 Å². The molecule has 0 bridgehead atoms. The normalized spacial score (nSPS) is 23.1. The Hall–Kier alpha value is -0.770. The molecule has 5 heteroatoms. The van der Waals surface area contributed by atoms with E-state index >= 15 is 0 Å². The maximum atomic E-state index is 7.94. The Morgan fingerprint density at radius 1 is 1.73 bits per heavy atom. The van der Waals surface area contributed by atoms with Crippen LogP contribution in [0.25, 0.3) is 10.4 Å². The van der Waals surface area contributed by atoms with E-state index in [0.29, 0.717) is 19.8 Å². The third kappa shape index (κ3) is 3.23. The summed E-state index contributed by atoms with van der Waals surface area (Å²) in [4.78, 5) is 2.61. The Bertz CT molecular complexity index is 150. The van der Waals surface area contributed by atoms with E-state index in [1.54, 1.807) is 0 Å². The highest BCUT2D eigenvalue weighted by Crippen LogP contribution is 2.07. The van der Waals surface area contributed by atoms with Crippen LogP contribution in [-0.2, 0) is 9.47 Å². The predicted octanol–water partition coefficient (Wildman–Crippen LogP) is 1.10. The fourth-order valence-corrected chi connectivity index (χ4v) is 0.949. The van der Waals surface area contributed by atoms with E-state index in [-0.39, 0.29) is 6.10 Å². The van der Waals surface area contributed by atoms with Crippen LogP contribution in [-0.4, -0.2) is 32.5 Å². The second-order valence-corrected chi connectivity index (χ2v) is 2.31. The monoisotopic (exact) mass is 157 g/mol. The SMILES string of the molecule is [N-]=[N+]=NCCOC1CCOC1. The number of nitrogens with zero attached hydrogens (tertiary/aromatic N) is 3. The summed E-state index contributed by atoms with van der Waals surface area (Å²) in [6.07, 6.45) is 1.17. The van der Waals surface area contributed by atoms with E-state index in [2.05, 4.69) is 10.0 Å². The summed E-state index contributed by atoms with van der Waals surface area (Å²) in [6, 6.07) is 0. The molecule has 1 aliphatic rings. The van der Waals surface area contributed by atoms with Crippen LogP contribution in [0.5, 0.6) is 0 Å². The van der Waals surface area contributed by atoms with Crippen LogP contribution in [0, 0.1) is 0 Å². The molecule has 1 fully saturated rings. The van der Waals surface area contributed by atoms with E-state index < -0.39 is 0 Å². The lowest BCUT2D eigenvalue weighted by atomic mass is 10.3. The van der Waals surface area contributed by atoms with E-state index in [0.717, 1.165) is 13.0 Å². The molecule has 1 rings (SSSR count). The Balaban J connectivity index is 1.97. The predicted molar refractivity (Wildman–Crippen MR) is 39.2 cm³/mol.